The Bertz CT molecular complexity index is 1350. The van der Waals surface area contributed by atoms with Crippen LogP contribution in [0, 0.1) is 0 Å². The lowest BCUT2D eigenvalue weighted by atomic mass is 10.1. The number of carbonyl (C=O) groups excluding carboxylic acids is 1. The lowest BCUT2D eigenvalue weighted by Gasteiger charge is -2.30. The molecule has 0 bridgehead atoms. The van der Waals surface area contributed by atoms with Gasteiger partial charge in [0.25, 0.3) is 16.1 Å². The quantitative estimate of drug-likeness (QED) is 0.452. The van der Waals surface area contributed by atoms with E-state index in [0.29, 0.717) is 78.7 Å². The van der Waals surface area contributed by atoms with Gasteiger partial charge in [-0.1, -0.05) is 35.3 Å². The van der Waals surface area contributed by atoms with E-state index in [-0.39, 0.29) is 11.8 Å². The van der Waals surface area contributed by atoms with E-state index in [0.717, 1.165) is 4.88 Å². The van der Waals surface area contributed by atoms with Crippen LogP contribution in [0.25, 0.3) is 0 Å². The van der Waals surface area contributed by atoms with Crippen molar-refractivity contribution in [1.29, 1.82) is 0 Å². The Balaban J connectivity index is 1.39. The van der Waals surface area contributed by atoms with Crippen LogP contribution in [-0.2, 0) is 16.8 Å². The first-order valence-electron chi connectivity index (χ1n) is 11.7. The molecule has 192 valence electrons. The van der Waals surface area contributed by atoms with Crippen molar-refractivity contribution in [2.75, 3.05) is 44.6 Å². The van der Waals surface area contributed by atoms with Crippen LogP contribution in [-0.4, -0.2) is 72.0 Å². The molecule has 1 unspecified atom stereocenters. The molecule has 0 radical (unpaired) electrons. The fraction of sp³-hybridized carbons (Fsp3) is 0.391. The van der Waals surface area contributed by atoms with Crippen molar-refractivity contribution in [3.05, 3.63) is 68.0 Å². The van der Waals surface area contributed by atoms with Crippen LogP contribution in [0.2, 0.25) is 9.36 Å². The molecule has 4 heterocycles. The fourth-order valence-corrected chi connectivity index (χ4v) is 7.39. The van der Waals surface area contributed by atoms with Gasteiger partial charge in [-0.05, 0) is 30.7 Å². The molecule has 2 aromatic heterocycles. The molecule has 1 atom stereocenters. The summed E-state index contributed by atoms with van der Waals surface area (Å²) in [6.07, 6.45) is 0.628. The van der Waals surface area contributed by atoms with Gasteiger partial charge in [-0.25, -0.2) is 0 Å². The van der Waals surface area contributed by atoms with E-state index in [9.17, 15) is 13.2 Å². The highest BCUT2D eigenvalue weighted by atomic mass is 35.5. The number of piperazine rings is 1. The average molecular weight is 570 g/mol. The van der Waals surface area contributed by atoms with Gasteiger partial charge in [-0.3, -0.25) is 4.79 Å². The Morgan fingerprint density at radius 1 is 1.11 bits per heavy atom. The van der Waals surface area contributed by atoms with Crippen LogP contribution in [0.15, 0.2) is 42.5 Å². The summed E-state index contributed by atoms with van der Waals surface area (Å²) < 4.78 is 31.3. The van der Waals surface area contributed by atoms with E-state index in [1.165, 1.54) is 24.6 Å². The van der Waals surface area contributed by atoms with Crippen molar-refractivity contribution in [3.8, 4) is 0 Å². The second kappa shape index (κ2) is 10.8. The van der Waals surface area contributed by atoms with Gasteiger partial charge in [0.15, 0.2) is 0 Å². The molecule has 2 saturated heterocycles. The molecule has 5 rings (SSSR count). The Kier molecular flexibility index (Phi) is 7.68. The number of hydrogen-bond donors (Lipinski definition) is 2. The Morgan fingerprint density at radius 2 is 1.89 bits per heavy atom. The van der Waals surface area contributed by atoms with E-state index in [4.69, 9.17) is 23.2 Å². The second-order valence-corrected chi connectivity index (χ2v) is 12.8. The third-order valence-corrected chi connectivity index (χ3v) is 9.96. The summed E-state index contributed by atoms with van der Waals surface area (Å²) in [5.74, 6) is 0.0319. The minimum atomic E-state index is -3.53. The summed E-state index contributed by atoms with van der Waals surface area (Å²) in [5, 5.41) is 11.4. The third kappa shape index (κ3) is 5.33. The standard InChI is InChI=1S/C23H26Cl2N6O3S2/c24-19-4-2-1-3-18(19)23(32)31-22(27-14-17-5-6-21(25)35-17)13-20(28-31)16-7-10-30(15-16)36(33,34)29-11-8-26-9-12-29/h1-6,13,16,26-27H,7-12,14-15H2. The van der Waals surface area contributed by atoms with E-state index < -0.39 is 10.2 Å². The molecule has 9 nitrogen and oxygen atoms in total. The first kappa shape index (κ1) is 25.7. The summed E-state index contributed by atoms with van der Waals surface area (Å²) in [6.45, 7) is 3.43. The maximum Gasteiger partial charge on any atom is 0.282 e. The minimum absolute atomic E-state index is 0.125. The molecule has 2 aliphatic rings. The van der Waals surface area contributed by atoms with Crippen molar-refractivity contribution in [2.45, 2.75) is 18.9 Å². The molecule has 3 aromatic rings. The monoisotopic (exact) mass is 568 g/mol. The first-order valence-corrected chi connectivity index (χ1v) is 14.6. The highest BCUT2D eigenvalue weighted by molar-refractivity contribution is 7.86. The Morgan fingerprint density at radius 3 is 2.61 bits per heavy atom. The molecule has 36 heavy (non-hydrogen) atoms. The summed E-state index contributed by atoms with van der Waals surface area (Å²) in [7, 11) is -3.53. The molecule has 2 fully saturated rings. The molecule has 13 heteroatoms. The zero-order valence-corrected chi connectivity index (χ0v) is 22.5. The number of aromatic nitrogens is 2. The predicted octanol–water partition coefficient (Wildman–Crippen LogP) is 3.49. The molecule has 1 aromatic carbocycles. The van der Waals surface area contributed by atoms with Gasteiger partial charge in [-0.15, -0.1) is 11.3 Å². The highest BCUT2D eigenvalue weighted by Gasteiger charge is 2.37. The molecular weight excluding hydrogens is 543 g/mol. The molecule has 0 saturated carbocycles. The predicted molar refractivity (Wildman–Crippen MR) is 142 cm³/mol. The normalized spacial score (nSPS) is 19.6. The van der Waals surface area contributed by atoms with Crippen molar-refractivity contribution < 1.29 is 13.2 Å². The van der Waals surface area contributed by atoms with Crippen molar-refractivity contribution in [3.63, 3.8) is 0 Å². The number of hydrogen-bond acceptors (Lipinski definition) is 7. The smallest absolute Gasteiger partial charge is 0.282 e. The number of halogens is 2. The van der Waals surface area contributed by atoms with E-state index in [1.807, 2.05) is 18.2 Å². The largest absolute Gasteiger partial charge is 0.365 e. The maximum absolute atomic E-state index is 13.4. The summed E-state index contributed by atoms with van der Waals surface area (Å²) in [5.41, 5.74) is 1.01. The Hall–Kier alpha value is -1.99. The van der Waals surface area contributed by atoms with Crippen LogP contribution in [0.4, 0.5) is 5.82 Å². The number of anilines is 1. The lowest BCUT2D eigenvalue weighted by molar-refractivity contribution is 0.0947. The number of nitrogens with one attached hydrogen (secondary N) is 2. The summed E-state index contributed by atoms with van der Waals surface area (Å²) in [4.78, 5) is 14.4. The average Bonchev–Trinajstić information content (AvgIpc) is 3.63. The van der Waals surface area contributed by atoms with Gasteiger partial charge in [0.05, 0.1) is 27.2 Å². The van der Waals surface area contributed by atoms with Gasteiger partial charge in [0, 0.05) is 56.1 Å². The Labute approximate surface area is 224 Å². The highest BCUT2D eigenvalue weighted by Crippen LogP contribution is 2.32. The number of benzene rings is 1. The number of nitrogens with zero attached hydrogens (tertiary/aromatic N) is 4. The van der Waals surface area contributed by atoms with Crippen molar-refractivity contribution in [2.24, 2.45) is 0 Å². The molecule has 2 aliphatic heterocycles. The van der Waals surface area contributed by atoms with E-state index in [1.54, 1.807) is 24.3 Å². The number of thiophene rings is 1. The van der Waals surface area contributed by atoms with Gasteiger partial charge in [0.1, 0.15) is 5.82 Å². The molecule has 0 aliphatic carbocycles. The molecule has 0 amide bonds. The fourth-order valence-electron chi connectivity index (χ4n) is 4.47. The van der Waals surface area contributed by atoms with Crippen LogP contribution in [0.3, 0.4) is 0 Å². The summed E-state index contributed by atoms with van der Waals surface area (Å²) in [6, 6.07) is 12.4. The minimum Gasteiger partial charge on any atom is -0.365 e. The zero-order chi connectivity index (χ0) is 25.3. The van der Waals surface area contributed by atoms with Crippen molar-refractivity contribution >= 4 is 56.5 Å². The number of carbonyl (C=O) groups is 1. The van der Waals surface area contributed by atoms with Gasteiger partial charge < -0.3 is 10.6 Å². The maximum atomic E-state index is 13.4. The lowest BCUT2D eigenvalue weighted by Crippen LogP contribution is -2.51. The molecule has 2 N–H and O–H groups in total. The molecular formula is C23H26Cl2N6O3S2. The van der Waals surface area contributed by atoms with E-state index >= 15 is 0 Å². The SMILES string of the molecule is O=C(c1ccccc1Cl)n1nc(C2CCN(S(=O)(=O)N3CCNCC3)C2)cc1NCc1ccc(Cl)s1. The summed E-state index contributed by atoms with van der Waals surface area (Å²) >= 11 is 13.8. The van der Waals surface area contributed by atoms with Gasteiger partial charge >= 0.3 is 0 Å². The van der Waals surface area contributed by atoms with Crippen LogP contribution in [0.5, 0.6) is 0 Å². The van der Waals surface area contributed by atoms with Crippen LogP contribution >= 0.6 is 34.5 Å². The van der Waals surface area contributed by atoms with E-state index in [2.05, 4.69) is 15.7 Å². The first-order chi connectivity index (χ1) is 17.3. The van der Waals surface area contributed by atoms with Crippen molar-refractivity contribution in [1.82, 2.24) is 23.7 Å². The zero-order valence-electron chi connectivity index (χ0n) is 19.4. The van der Waals surface area contributed by atoms with Crippen LogP contribution in [0.1, 0.15) is 33.3 Å². The second-order valence-electron chi connectivity index (χ2n) is 8.71. The van der Waals surface area contributed by atoms with Crippen LogP contribution < -0.4 is 10.6 Å². The van der Waals surface area contributed by atoms with Gasteiger partial charge in [0.2, 0.25) is 0 Å². The van der Waals surface area contributed by atoms with Gasteiger partial charge in [-0.2, -0.15) is 26.8 Å². The topological polar surface area (TPSA) is 99.6 Å². The molecule has 0 spiro atoms. The number of rotatable bonds is 7. The third-order valence-electron chi connectivity index (χ3n) is 6.40.